The zero-order chi connectivity index (χ0) is 14.7. The van der Waals surface area contributed by atoms with Gasteiger partial charge in [-0.25, -0.2) is 0 Å². The van der Waals surface area contributed by atoms with Crippen molar-refractivity contribution in [1.82, 2.24) is 0 Å². The number of nitro groups is 1. The molecule has 0 aliphatic heterocycles. The molecule has 2 aromatic rings. The zero-order valence-electron chi connectivity index (χ0n) is 11.4. The van der Waals surface area contributed by atoms with Crippen molar-refractivity contribution in [2.75, 3.05) is 5.32 Å². The van der Waals surface area contributed by atoms with E-state index in [0.717, 1.165) is 16.8 Å². The Labute approximate surface area is 117 Å². The van der Waals surface area contributed by atoms with Crippen molar-refractivity contribution in [1.29, 1.82) is 0 Å². The number of phenols is 1. The van der Waals surface area contributed by atoms with Gasteiger partial charge in [0.1, 0.15) is 5.75 Å². The molecule has 2 N–H and O–H groups in total. The van der Waals surface area contributed by atoms with Crippen LogP contribution in [0.2, 0.25) is 0 Å². The second-order valence-corrected chi connectivity index (χ2v) is 4.69. The lowest BCUT2D eigenvalue weighted by atomic mass is 10.1. The molecule has 0 aliphatic carbocycles. The summed E-state index contributed by atoms with van der Waals surface area (Å²) >= 11 is 0. The van der Waals surface area contributed by atoms with E-state index in [4.69, 9.17) is 0 Å². The van der Waals surface area contributed by atoms with E-state index in [1.54, 1.807) is 31.2 Å². The molecule has 104 valence electrons. The van der Waals surface area contributed by atoms with Gasteiger partial charge in [0.25, 0.3) is 5.69 Å². The molecule has 0 amide bonds. The molecule has 0 unspecified atom stereocenters. The van der Waals surface area contributed by atoms with Crippen molar-refractivity contribution in [3.63, 3.8) is 0 Å². The van der Waals surface area contributed by atoms with Gasteiger partial charge in [-0.05, 0) is 31.5 Å². The summed E-state index contributed by atoms with van der Waals surface area (Å²) in [7, 11) is 0. The maximum atomic E-state index is 10.9. The number of phenolic OH excluding ortho intramolecular Hbond substituents is 1. The topological polar surface area (TPSA) is 75.4 Å². The average Bonchev–Trinajstić information content (AvgIpc) is 2.40. The predicted molar refractivity (Wildman–Crippen MR) is 78.0 cm³/mol. The SMILES string of the molecule is Cc1cc([N+](=O)[O-])c(C)cc1NCc1ccccc1O. The third-order valence-electron chi connectivity index (χ3n) is 3.20. The van der Waals surface area contributed by atoms with E-state index < -0.39 is 0 Å². The lowest BCUT2D eigenvalue weighted by Gasteiger charge is -2.11. The Hall–Kier alpha value is -2.56. The smallest absolute Gasteiger partial charge is 0.272 e. The van der Waals surface area contributed by atoms with Crippen LogP contribution >= 0.6 is 0 Å². The van der Waals surface area contributed by atoms with E-state index in [1.165, 1.54) is 0 Å². The molecule has 0 atom stereocenters. The van der Waals surface area contributed by atoms with Crippen molar-refractivity contribution in [2.45, 2.75) is 20.4 Å². The number of aromatic hydroxyl groups is 1. The number of para-hydroxylation sites is 1. The third kappa shape index (κ3) is 2.88. The summed E-state index contributed by atoms with van der Waals surface area (Å²) in [6.07, 6.45) is 0. The fourth-order valence-corrected chi connectivity index (χ4v) is 2.04. The van der Waals surface area contributed by atoms with Gasteiger partial charge in [0, 0.05) is 29.4 Å². The molecule has 5 nitrogen and oxygen atoms in total. The number of hydrogen-bond donors (Lipinski definition) is 2. The highest BCUT2D eigenvalue weighted by atomic mass is 16.6. The van der Waals surface area contributed by atoms with Crippen molar-refractivity contribution >= 4 is 11.4 Å². The molecule has 0 saturated carbocycles. The minimum Gasteiger partial charge on any atom is -0.508 e. The average molecular weight is 272 g/mol. The molecule has 0 heterocycles. The summed E-state index contributed by atoms with van der Waals surface area (Å²) in [6, 6.07) is 10.4. The van der Waals surface area contributed by atoms with E-state index in [1.807, 2.05) is 19.1 Å². The molecule has 20 heavy (non-hydrogen) atoms. The van der Waals surface area contributed by atoms with Crippen LogP contribution in [-0.4, -0.2) is 10.0 Å². The molecule has 2 aromatic carbocycles. The van der Waals surface area contributed by atoms with Crippen molar-refractivity contribution < 1.29 is 10.0 Å². The number of anilines is 1. The van der Waals surface area contributed by atoms with E-state index >= 15 is 0 Å². The van der Waals surface area contributed by atoms with Gasteiger partial charge in [-0.2, -0.15) is 0 Å². The first-order chi connectivity index (χ1) is 9.49. The van der Waals surface area contributed by atoms with Crippen LogP contribution < -0.4 is 5.32 Å². The summed E-state index contributed by atoms with van der Waals surface area (Å²) in [5.74, 6) is 0.233. The van der Waals surface area contributed by atoms with Crippen LogP contribution in [-0.2, 0) is 6.54 Å². The van der Waals surface area contributed by atoms with Crippen molar-refractivity contribution in [3.05, 3.63) is 63.2 Å². The summed E-state index contributed by atoms with van der Waals surface area (Å²) in [4.78, 5) is 10.5. The number of hydrogen-bond acceptors (Lipinski definition) is 4. The molecule has 0 spiro atoms. The van der Waals surface area contributed by atoms with Crippen LogP contribution in [0.4, 0.5) is 11.4 Å². The van der Waals surface area contributed by atoms with Crippen molar-refractivity contribution in [2.24, 2.45) is 0 Å². The molecular weight excluding hydrogens is 256 g/mol. The summed E-state index contributed by atoms with van der Waals surface area (Å²) in [5, 5.41) is 23.8. The number of nitro benzene ring substituents is 1. The van der Waals surface area contributed by atoms with E-state index in [2.05, 4.69) is 5.32 Å². The minimum atomic E-state index is -0.380. The molecule has 0 fully saturated rings. The first kappa shape index (κ1) is 13.9. The molecule has 0 radical (unpaired) electrons. The van der Waals surface area contributed by atoms with Gasteiger partial charge in [-0.3, -0.25) is 10.1 Å². The Balaban J connectivity index is 2.21. The number of rotatable bonds is 4. The van der Waals surface area contributed by atoms with Gasteiger partial charge in [0.05, 0.1) is 4.92 Å². The maximum absolute atomic E-state index is 10.9. The summed E-state index contributed by atoms with van der Waals surface area (Å²) in [5.41, 5.74) is 3.15. The van der Waals surface area contributed by atoms with Gasteiger partial charge in [0.15, 0.2) is 0 Å². The van der Waals surface area contributed by atoms with Crippen molar-refractivity contribution in [3.8, 4) is 5.75 Å². The van der Waals surface area contributed by atoms with Gasteiger partial charge in [0.2, 0.25) is 0 Å². The Kier molecular flexibility index (Phi) is 3.89. The number of benzene rings is 2. The largest absolute Gasteiger partial charge is 0.508 e. The Morgan fingerprint density at radius 2 is 1.90 bits per heavy atom. The Bertz CT molecular complexity index is 654. The summed E-state index contributed by atoms with van der Waals surface area (Å²) < 4.78 is 0. The predicted octanol–water partition coefficient (Wildman–Crippen LogP) is 3.53. The lowest BCUT2D eigenvalue weighted by Crippen LogP contribution is -2.03. The minimum absolute atomic E-state index is 0.121. The highest BCUT2D eigenvalue weighted by Crippen LogP contribution is 2.27. The fourth-order valence-electron chi connectivity index (χ4n) is 2.04. The highest BCUT2D eigenvalue weighted by Gasteiger charge is 2.13. The Morgan fingerprint density at radius 3 is 2.55 bits per heavy atom. The van der Waals surface area contributed by atoms with E-state index in [0.29, 0.717) is 12.1 Å². The standard InChI is InChI=1S/C15H16N2O3/c1-10-8-14(17(19)20)11(2)7-13(10)16-9-12-5-3-4-6-15(12)18/h3-8,16,18H,9H2,1-2H3. The normalized spacial score (nSPS) is 10.3. The number of nitrogens with one attached hydrogen (secondary N) is 1. The monoisotopic (exact) mass is 272 g/mol. The molecule has 0 aliphatic rings. The molecule has 2 rings (SSSR count). The number of aryl methyl sites for hydroxylation is 2. The number of nitrogens with zero attached hydrogens (tertiary/aromatic N) is 1. The van der Waals surface area contributed by atoms with Crippen LogP contribution in [0.3, 0.4) is 0 Å². The second kappa shape index (κ2) is 5.61. The quantitative estimate of drug-likeness (QED) is 0.659. The molecule has 0 bridgehead atoms. The fraction of sp³-hybridized carbons (Fsp3) is 0.200. The van der Waals surface area contributed by atoms with E-state index in [9.17, 15) is 15.2 Å². The van der Waals surface area contributed by atoms with Crippen LogP contribution in [0.1, 0.15) is 16.7 Å². The van der Waals surface area contributed by atoms with Gasteiger partial charge >= 0.3 is 0 Å². The van der Waals surface area contributed by atoms with Gasteiger partial charge in [-0.1, -0.05) is 18.2 Å². The van der Waals surface area contributed by atoms with Crippen LogP contribution in [0.25, 0.3) is 0 Å². The first-order valence-electron chi connectivity index (χ1n) is 6.25. The summed E-state index contributed by atoms with van der Waals surface area (Å²) in [6.45, 7) is 3.99. The molecule has 5 heteroatoms. The molecule has 0 aromatic heterocycles. The highest BCUT2D eigenvalue weighted by molar-refractivity contribution is 5.59. The van der Waals surface area contributed by atoms with E-state index in [-0.39, 0.29) is 16.4 Å². The van der Waals surface area contributed by atoms with Gasteiger partial charge in [-0.15, -0.1) is 0 Å². The van der Waals surface area contributed by atoms with Gasteiger partial charge < -0.3 is 10.4 Å². The third-order valence-corrected chi connectivity index (χ3v) is 3.20. The van der Waals surface area contributed by atoms with Crippen LogP contribution in [0, 0.1) is 24.0 Å². The Morgan fingerprint density at radius 1 is 1.20 bits per heavy atom. The zero-order valence-corrected chi connectivity index (χ0v) is 11.4. The van der Waals surface area contributed by atoms with Crippen LogP contribution in [0.5, 0.6) is 5.75 Å². The maximum Gasteiger partial charge on any atom is 0.272 e. The molecule has 0 saturated heterocycles. The van der Waals surface area contributed by atoms with Crippen LogP contribution in [0.15, 0.2) is 36.4 Å². The molecular formula is C15H16N2O3. The second-order valence-electron chi connectivity index (χ2n) is 4.69. The first-order valence-corrected chi connectivity index (χ1v) is 6.25. The lowest BCUT2D eigenvalue weighted by molar-refractivity contribution is -0.385.